The van der Waals surface area contributed by atoms with Crippen molar-refractivity contribution in [2.75, 3.05) is 12.3 Å². The summed E-state index contributed by atoms with van der Waals surface area (Å²) in [6.45, 7) is -0.0294. The van der Waals surface area contributed by atoms with Crippen LogP contribution in [0.15, 0.2) is 30.3 Å². The van der Waals surface area contributed by atoms with Gasteiger partial charge in [-0.05, 0) is 24.0 Å². The molecule has 1 unspecified atom stereocenters. The van der Waals surface area contributed by atoms with Gasteiger partial charge in [0.15, 0.2) is 5.78 Å². The molecular weight excluding hydrogens is 366 g/mol. The molecule has 3 rings (SSSR count). The number of Topliss-reactive ketones (excluding diaryl/α,β-unsaturated/α-hetero) is 1. The van der Waals surface area contributed by atoms with Crippen molar-refractivity contribution >= 4 is 34.0 Å². The van der Waals surface area contributed by atoms with Gasteiger partial charge in [-0.25, -0.2) is 0 Å². The van der Waals surface area contributed by atoms with Gasteiger partial charge in [-0.1, -0.05) is 30.3 Å². The number of thiophene rings is 1. The Morgan fingerprint density at radius 1 is 1.33 bits per heavy atom. The van der Waals surface area contributed by atoms with Crippen molar-refractivity contribution in [1.82, 2.24) is 5.32 Å². The fourth-order valence-corrected chi connectivity index (χ4v) is 4.45. The van der Waals surface area contributed by atoms with Gasteiger partial charge in [0.1, 0.15) is 5.41 Å². The highest BCUT2D eigenvalue weighted by Crippen LogP contribution is 2.44. The first-order valence-corrected chi connectivity index (χ1v) is 9.15. The molecule has 4 N–H and O–H groups in total. The normalized spacial score (nSPS) is 18.4. The van der Waals surface area contributed by atoms with E-state index in [4.69, 9.17) is 10.8 Å². The number of fused-ring (bicyclic) bond motifs is 1. The minimum absolute atomic E-state index is 0.0294. The molecule has 1 heterocycles. The molecule has 2 aromatic rings. The maximum Gasteiger partial charge on any atom is 0.305 e. The summed E-state index contributed by atoms with van der Waals surface area (Å²) < 4.78 is 0. The molecule has 1 amide bonds. The molecule has 8 heteroatoms. The molecule has 1 atom stereocenters. The molecule has 0 saturated carbocycles. The summed E-state index contributed by atoms with van der Waals surface area (Å²) in [5.41, 5.74) is 6.08. The standard InChI is InChI=1S/C19H17N3O4S/c20-10-19(11-4-2-1-3-5-11)8-6-12-14(17(21)27-15(12)16(19)25)18(26)22-9-7-13(23)24/h1-5H,6-9,21H2,(H,22,26)(H,23,24). The average Bonchev–Trinajstić information content (AvgIpc) is 2.99. The first-order valence-electron chi connectivity index (χ1n) is 8.33. The monoisotopic (exact) mass is 383 g/mol. The van der Waals surface area contributed by atoms with Gasteiger partial charge in [0.2, 0.25) is 0 Å². The highest BCUT2D eigenvalue weighted by Gasteiger charge is 2.47. The number of carbonyl (C=O) groups is 3. The van der Waals surface area contributed by atoms with Crippen LogP contribution in [-0.2, 0) is 16.6 Å². The number of nitriles is 1. The smallest absolute Gasteiger partial charge is 0.305 e. The molecule has 0 fully saturated rings. The Kier molecular flexibility index (Phi) is 4.97. The molecule has 7 nitrogen and oxygen atoms in total. The van der Waals surface area contributed by atoms with E-state index in [0.29, 0.717) is 22.4 Å². The van der Waals surface area contributed by atoms with Crippen LogP contribution in [0, 0.1) is 11.3 Å². The number of nitrogens with zero attached hydrogens (tertiary/aromatic N) is 1. The Bertz CT molecular complexity index is 961. The van der Waals surface area contributed by atoms with Crippen LogP contribution < -0.4 is 11.1 Å². The second-order valence-corrected chi connectivity index (χ2v) is 7.31. The second kappa shape index (κ2) is 7.21. The largest absolute Gasteiger partial charge is 0.481 e. The molecule has 0 radical (unpaired) electrons. The number of carbonyl (C=O) groups excluding carboxylic acids is 2. The Balaban J connectivity index is 1.95. The molecule has 0 aliphatic heterocycles. The SMILES string of the molecule is N#CC1(c2ccccc2)CCc2c(sc(N)c2C(=O)NCCC(=O)O)C1=O. The quantitative estimate of drug-likeness (QED) is 0.724. The summed E-state index contributed by atoms with van der Waals surface area (Å²) in [6, 6.07) is 11.1. The Labute approximate surface area is 159 Å². The first-order chi connectivity index (χ1) is 12.9. The van der Waals surface area contributed by atoms with Crippen LogP contribution >= 0.6 is 11.3 Å². The Morgan fingerprint density at radius 3 is 2.67 bits per heavy atom. The first kappa shape index (κ1) is 18.6. The Morgan fingerprint density at radius 2 is 2.04 bits per heavy atom. The van der Waals surface area contributed by atoms with E-state index in [2.05, 4.69) is 11.4 Å². The number of ketones is 1. The van der Waals surface area contributed by atoms with Crippen molar-refractivity contribution in [3.05, 3.63) is 51.9 Å². The molecule has 1 aromatic carbocycles. The predicted molar refractivity (Wildman–Crippen MR) is 99.7 cm³/mol. The summed E-state index contributed by atoms with van der Waals surface area (Å²) in [5.74, 6) is -1.87. The number of aliphatic carboxylic acids is 1. The number of amides is 1. The highest BCUT2D eigenvalue weighted by atomic mass is 32.1. The van der Waals surface area contributed by atoms with E-state index in [1.165, 1.54) is 0 Å². The summed E-state index contributed by atoms with van der Waals surface area (Å²) in [7, 11) is 0. The third-order valence-electron chi connectivity index (χ3n) is 4.69. The number of hydrogen-bond donors (Lipinski definition) is 3. The zero-order chi connectivity index (χ0) is 19.6. The van der Waals surface area contributed by atoms with Gasteiger partial charge in [-0.15, -0.1) is 11.3 Å². The van der Waals surface area contributed by atoms with Crippen molar-refractivity contribution in [2.45, 2.75) is 24.7 Å². The van der Waals surface area contributed by atoms with Gasteiger partial charge in [0, 0.05) is 6.54 Å². The third-order valence-corrected chi connectivity index (χ3v) is 5.75. The van der Waals surface area contributed by atoms with Gasteiger partial charge in [0.05, 0.1) is 27.9 Å². The molecule has 0 bridgehead atoms. The number of hydrogen-bond acceptors (Lipinski definition) is 6. The summed E-state index contributed by atoms with van der Waals surface area (Å²) in [5, 5.41) is 21.2. The van der Waals surface area contributed by atoms with Crippen molar-refractivity contribution in [3.63, 3.8) is 0 Å². The molecule has 27 heavy (non-hydrogen) atoms. The van der Waals surface area contributed by atoms with Crippen LogP contribution in [0.1, 0.15) is 44.0 Å². The fraction of sp³-hybridized carbons (Fsp3) is 0.263. The van der Waals surface area contributed by atoms with Crippen molar-refractivity contribution in [3.8, 4) is 6.07 Å². The molecule has 1 aliphatic carbocycles. The predicted octanol–water partition coefficient (Wildman–Crippen LogP) is 2.13. The summed E-state index contributed by atoms with van der Waals surface area (Å²) in [6.07, 6.45) is 0.409. The number of anilines is 1. The zero-order valence-corrected chi connectivity index (χ0v) is 15.1. The van der Waals surface area contributed by atoms with Gasteiger partial charge < -0.3 is 16.2 Å². The average molecular weight is 383 g/mol. The number of benzene rings is 1. The van der Waals surface area contributed by atoms with Crippen LogP contribution in [0.4, 0.5) is 5.00 Å². The molecule has 1 aromatic heterocycles. The molecule has 138 valence electrons. The van der Waals surface area contributed by atoms with Crippen LogP contribution in [-0.4, -0.2) is 29.3 Å². The lowest BCUT2D eigenvalue weighted by Crippen LogP contribution is -2.38. The van der Waals surface area contributed by atoms with E-state index < -0.39 is 17.3 Å². The lowest BCUT2D eigenvalue weighted by Gasteiger charge is -2.29. The van der Waals surface area contributed by atoms with Crippen LogP contribution in [0.25, 0.3) is 0 Å². The lowest BCUT2D eigenvalue weighted by molar-refractivity contribution is -0.136. The molecular formula is C19H17N3O4S. The number of nitrogen functional groups attached to an aromatic ring is 1. The van der Waals surface area contributed by atoms with Crippen LogP contribution in [0.5, 0.6) is 0 Å². The van der Waals surface area contributed by atoms with Gasteiger partial charge in [-0.3, -0.25) is 14.4 Å². The number of carboxylic acid groups (broad SMARTS) is 1. The fourth-order valence-electron chi connectivity index (χ4n) is 3.32. The molecule has 0 spiro atoms. The number of nitrogens with one attached hydrogen (secondary N) is 1. The zero-order valence-electron chi connectivity index (χ0n) is 14.3. The van der Waals surface area contributed by atoms with E-state index in [0.717, 1.165) is 11.3 Å². The Hall–Kier alpha value is -3.18. The number of carboxylic acids is 1. The minimum Gasteiger partial charge on any atom is -0.481 e. The van der Waals surface area contributed by atoms with E-state index in [1.54, 1.807) is 24.3 Å². The van der Waals surface area contributed by atoms with E-state index in [1.807, 2.05) is 6.07 Å². The summed E-state index contributed by atoms with van der Waals surface area (Å²) >= 11 is 1.01. The topological polar surface area (TPSA) is 133 Å². The van der Waals surface area contributed by atoms with Gasteiger partial charge in [-0.2, -0.15) is 5.26 Å². The number of rotatable bonds is 5. The minimum atomic E-state index is -1.29. The number of nitrogens with two attached hydrogens (primary N) is 1. The van der Waals surface area contributed by atoms with E-state index >= 15 is 0 Å². The van der Waals surface area contributed by atoms with Gasteiger partial charge >= 0.3 is 5.97 Å². The second-order valence-electron chi connectivity index (χ2n) is 6.26. The highest BCUT2D eigenvalue weighted by molar-refractivity contribution is 7.18. The van der Waals surface area contributed by atoms with Crippen molar-refractivity contribution in [2.24, 2.45) is 0 Å². The van der Waals surface area contributed by atoms with E-state index in [9.17, 15) is 19.6 Å². The van der Waals surface area contributed by atoms with Crippen LogP contribution in [0.3, 0.4) is 0 Å². The van der Waals surface area contributed by atoms with Crippen molar-refractivity contribution < 1.29 is 19.5 Å². The lowest BCUT2D eigenvalue weighted by atomic mass is 9.69. The third kappa shape index (κ3) is 3.17. The van der Waals surface area contributed by atoms with E-state index in [-0.39, 0.29) is 35.7 Å². The van der Waals surface area contributed by atoms with Crippen molar-refractivity contribution in [1.29, 1.82) is 5.26 Å². The summed E-state index contributed by atoms with van der Waals surface area (Å²) in [4.78, 5) is 36.5. The van der Waals surface area contributed by atoms with Gasteiger partial charge in [0.25, 0.3) is 5.91 Å². The maximum atomic E-state index is 13.2. The maximum absolute atomic E-state index is 13.2. The molecule has 1 aliphatic rings. The molecule has 0 saturated heterocycles. The van der Waals surface area contributed by atoms with Crippen LogP contribution in [0.2, 0.25) is 0 Å².